The molecule has 33 heavy (non-hydrogen) atoms. The van der Waals surface area contributed by atoms with Crippen molar-refractivity contribution in [3.05, 3.63) is 59.3 Å². The quantitative estimate of drug-likeness (QED) is 0.546. The van der Waals surface area contributed by atoms with Gasteiger partial charge in [-0.05, 0) is 38.5 Å². The van der Waals surface area contributed by atoms with Gasteiger partial charge in [0.25, 0.3) is 0 Å². The zero-order valence-electron chi connectivity index (χ0n) is 18.5. The van der Waals surface area contributed by atoms with Crippen molar-refractivity contribution in [2.75, 3.05) is 28.2 Å². The molecule has 1 atom stereocenters. The molecule has 174 valence electrons. The average Bonchev–Trinajstić information content (AvgIpc) is 3.24. The number of likely N-dealkylation sites (N-methyl/N-ethyl adjacent to an activating group) is 2. The second-order valence-corrected chi connectivity index (χ2v) is 7.72. The summed E-state index contributed by atoms with van der Waals surface area (Å²) in [5.41, 5.74) is 1.74. The van der Waals surface area contributed by atoms with E-state index in [4.69, 9.17) is 0 Å². The van der Waals surface area contributed by atoms with Gasteiger partial charge in [0.05, 0.1) is 18.9 Å². The van der Waals surface area contributed by atoms with Crippen LogP contribution in [0, 0.1) is 17.5 Å². The minimum atomic E-state index is -1.49. The monoisotopic (exact) mass is 459 g/mol. The largest absolute Gasteiger partial charge is 0.350 e. The summed E-state index contributed by atoms with van der Waals surface area (Å²) in [4.78, 5) is 25.2. The third kappa shape index (κ3) is 4.35. The number of amides is 1. The molecule has 0 spiro atoms. The molecule has 3 aromatic rings. The minimum Gasteiger partial charge on any atom is -0.350 e. The zero-order chi connectivity index (χ0) is 23.7. The van der Waals surface area contributed by atoms with Crippen molar-refractivity contribution < 1.29 is 18.0 Å². The van der Waals surface area contributed by atoms with E-state index in [1.54, 1.807) is 23.5 Å². The Morgan fingerprint density at radius 3 is 2.45 bits per heavy atom. The summed E-state index contributed by atoms with van der Waals surface area (Å²) in [5, 5.41) is 7.33. The number of nitrogens with zero attached hydrogens (tertiary/aromatic N) is 6. The molecule has 1 aliphatic rings. The normalized spacial score (nSPS) is 15.7. The van der Waals surface area contributed by atoms with Gasteiger partial charge in [-0.1, -0.05) is 0 Å². The number of nitrogens with one attached hydrogen (secondary N) is 1. The summed E-state index contributed by atoms with van der Waals surface area (Å²) < 4.78 is 41.5. The van der Waals surface area contributed by atoms with Gasteiger partial charge in [-0.3, -0.25) is 9.48 Å². The number of hydrogen-bond acceptors (Lipinski definition) is 6. The standard InChI is InChI=1S/C22H24F3N7O/c1-4-31-13(3)21(33)32(5-2)18-10-27-22(29-20(18)31)26-8-15-9-28-30(12-15)11-14-6-16(23)19(25)17(24)7-14/h6-7,9-10,12-13H,4-5,8,11H2,1-3H3,(H,26,27,29). The van der Waals surface area contributed by atoms with Crippen LogP contribution in [0.1, 0.15) is 31.9 Å². The molecule has 0 aliphatic carbocycles. The summed E-state index contributed by atoms with van der Waals surface area (Å²) in [6.45, 7) is 7.36. The van der Waals surface area contributed by atoms with Crippen molar-refractivity contribution in [3.63, 3.8) is 0 Å². The second kappa shape index (κ2) is 9.08. The van der Waals surface area contributed by atoms with Crippen LogP contribution in [0.5, 0.6) is 0 Å². The Morgan fingerprint density at radius 1 is 1.06 bits per heavy atom. The average molecular weight is 459 g/mol. The highest BCUT2D eigenvalue weighted by molar-refractivity contribution is 6.04. The fraction of sp³-hybridized carbons (Fsp3) is 0.364. The molecule has 4 rings (SSSR count). The number of fused-ring (bicyclic) bond motifs is 1. The summed E-state index contributed by atoms with van der Waals surface area (Å²) >= 11 is 0. The van der Waals surface area contributed by atoms with Crippen LogP contribution in [0.2, 0.25) is 0 Å². The van der Waals surface area contributed by atoms with E-state index in [1.807, 2.05) is 25.7 Å². The molecule has 1 amide bonds. The molecular weight excluding hydrogens is 435 g/mol. The lowest BCUT2D eigenvalue weighted by molar-refractivity contribution is -0.119. The van der Waals surface area contributed by atoms with Gasteiger partial charge in [0.2, 0.25) is 11.9 Å². The van der Waals surface area contributed by atoms with Crippen molar-refractivity contribution >= 4 is 23.4 Å². The number of rotatable bonds is 7. The van der Waals surface area contributed by atoms with E-state index in [0.29, 0.717) is 37.1 Å². The minimum absolute atomic E-state index is 0.0180. The van der Waals surface area contributed by atoms with E-state index in [2.05, 4.69) is 20.4 Å². The first-order valence-corrected chi connectivity index (χ1v) is 10.7. The van der Waals surface area contributed by atoms with E-state index in [0.717, 1.165) is 17.7 Å². The number of carbonyl (C=O) groups excluding carboxylic acids is 1. The van der Waals surface area contributed by atoms with Crippen LogP contribution in [0.3, 0.4) is 0 Å². The molecule has 1 aliphatic heterocycles. The van der Waals surface area contributed by atoms with Crippen LogP contribution < -0.4 is 15.1 Å². The van der Waals surface area contributed by atoms with Crippen LogP contribution in [-0.4, -0.2) is 44.8 Å². The molecule has 0 saturated heterocycles. The van der Waals surface area contributed by atoms with Crippen molar-refractivity contribution in [1.82, 2.24) is 19.7 Å². The molecule has 0 fully saturated rings. The van der Waals surface area contributed by atoms with Crippen LogP contribution in [0.25, 0.3) is 0 Å². The molecule has 0 bridgehead atoms. The summed E-state index contributed by atoms with van der Waals surface area (Å²) in [7, 11) is 0. The molecule has 11 heteroatoms. The SMILES string of the molecule is CCN1C(=O)C(C)N(CC)c2nc(NCc3cnn(Cc4cc(F)c(F)c(F)c4)c3)ncc21. The second-order valence-electron chi connectivity index (χ2n) is 7.72. The Kier molecular flexibility index (Phi) is 6.21. The zero-order valence-corrected chi connectivity index (χ0v) is 18.5. The lowest BCUT2D eigenvalue weighted by Crippen LogP contribution is -2.52. The number of halogens is 3. The molecule has 0 radical (unpaired) electrons. The van der Waals surface area contributed by atoms with Gasteiger partial charge in [0, 0.05) is 31.4 Å². The highest BCUT2D eigenvalue weighted by Crippen LogP contribution is 2.34. The Morgan fingerprint density at radius 2 is 1.79 bits per heavy atom. The van der Waals surface area contributed by atoms with E-state index in [9.17, 15) is 18.0 Å². The lowest BCUT2D eigenvalue weighted by atomic mass is 10.1. The number of aromatic nitrogens is 4. The van der Waals surface area contributed by atoms with Gasteiger partial charge in [-0.2, -0.15) is 10.1 Å². The van der Waals surface area contributed by atoms with Gasteiger partial charge < -0.3 is 15.1 Å². The molecule has 0 saturated carbocycles. The topological polar surface area (TPSA) is 79.2 Å². The third-order valence-electron chi connectivity index (χ3n) is 5.59. The molecule has 1 aromatic carbocycles. The van der Waals surface area contributed by atoms with Crippen LogP contribution in [0.15, 0.2) is 30.7 Å². The van der Waals surface area contributed by atoms with Gasteiger partial charge in [0.1, 0.15) is 11.7 Å². The highest BCUT2D eigenvalue weighted by atomic mass is 19.2. The maximum atomic E-state index is 13.4. The lowest BCUT2D eigenvalue weighted by Gasteiger charge is -2.39. The summed E-state index contributed by atoms with van der Waals surface area (Å²) in [6, 6.07) is 1.58. The van der Waals surface area contributed by atoms with Crippen LogP contribution in [0.4, 0.5) is 30.6 Å². The number of carbonyl (C=O) groups is 1. The van der Waals surface area contributed by atoms with Crippen LogP contribution >= 0.6 is 0 Å². The molecule has 1 unspecified atom stereocenters. The Hall–Kier alpha value is -3.63. The Labute approximate surface area is 189 Å². The van der Waals surface area contributed by atoms with Gasteiger partial charge in [-0.15, -0.1) is 0 Å². The molecule has 2 aromatic heterocycles. The number of anilines is 3. The summed E-state index contributed by atoms with van der Waals surface area (Å²) in [5.74, 6) is -2.84. The third-order valence-corrected chi connectivity index (χ3v) is 5.59. The van der Waals surface area contributed by atoms with Crippen molar-refractivity contribution in [1.29, 1.82) is 0 Å². The highest BCUT2D eigenvalue weighted by Gasteiger charge is 2.35. The predicted octanol–water partition coefficient (Wildman–Crippen LogP) is 3.33. The molecule has 8 nitrogen and oxygen atoms in total. The first-order chi connectivity index (χ1) is 15.8. The molecule has 3 heterocycles. The maximum Gasteiger partial charge on any atom is 0.249 e. The number of benzene rings is 1. The predicted molar refractivity (Wildman–Crippen MR) is 118 cm³/mol. The Bertz CT molecular complexity index is 1160. The molecular formula is C22H24F3N7O. The van der Waals surface area contributed by atoms with Gasteiger partial charge in [-0.25, -0.2) is 18.2 Å². The number of hydrogen-bond donors (Lipinski definition) is 1. The Balaban J connectivity index is 1.47. The van der Waals surface area contributed by atoms with Crippen molar-refractivity contribution in [2.45, 2.75) is 39.9 Å². The maximum absolute atomic E-state index is 13.4. The van der Waals surface area contributed by atoms with Crippen LogP contribution in [-0.2, 0) is 17.9 Å². The van der Waals surface area contributed by atoms with Gasteiger partial charge >= 0.3 is 0 Å². The van der Waals surface area contributed by atoms with E-state index in [1.165, 1.54) is 4.68 Å². The van der Waals surface area contributed by atoms with E-state index in [-0.39, 0.29) is 24.1 Å². The smallest absolute Gasteiger partial charge is 0.249 e. The van der Waals surface area contributed by atoms with Gasteiger partial charge in [0.15, 0.2) is 23.3 Å². The fourth-order valence-corrected chi connectivity index (χ4v) is 3.92. The molecule has 1 N–H and O–H groups in total. The first kappa shape index (κ1) is 22.6. The van der Waals surface area contributed by atoms with Crippen molar-refractivity contribution in [2.24, 2.45) is 0 Å². The fourth-order valence-electron chi connectivity index (χ4n) is 3.92. The van der Waals surface area contributed by atoms with E-state index >= 15 is 0 Å². The summed E-state index contributed by atoms with van der Waals surface area (Å²) in [6.07, 6.45) is 4.96. The first-order valence-electron chi connectivity index (χ1n) is 10.7. The van der Waals surface area contributed by atoms with Crippen molar-refractivity contribution in [3.8, 4) is 0 Å². The van der Waals surface area contributed by atoms with E-state index < -0.39 is 17.5 Å².